The first-order valence-electron chi connectivity index (χ1n) is 9.22. The van der Waals surface area contributed by atoms with E-state index in [0.717, 1.165) is 32.4 Å². The summed E-state index contributed by atoms with van der Waals surface area (Å²) < 4.78 is 6.55. The molecule has 2 aromatic heterocycles. The number of rotatable bonds is 6. The third-order valence-electron chi connectivity index (χ3n) is 4.79. The van der Waals surface area contributed by atoms with Crippen molar-refractivity contribution in [3.8, 4) is 5.75 Å². The minimum atomic E-state index is -0.584. The van der Waals surface area contributed by atoms with Gasteiger partial charge >= 0.3 is 0 Å². The van der Waals surface area contributed by atoms with E-state index in [0.29, 0.717) is 6.54 Å². The zero-order valence-electron chi connectivity index (χ0n) is 16.3. The zero-order valence-corrected chi connectivity index (χ0v) is 19.4. The fourth-order valence-corrected chi connectivity index (χ4v) is 3.46. The van der Waals surface area contributed by atoms with Crippen LogP contribution in [0, 0.1) is 0 Å². The van der Waals surface area contributed by atoms with Crippen molar-refractivity contribution in [1.29, 1.82) is 0 Å². The van der Waals surface area contributed by atoms with Crippen LogP contribution in [0.5, 0.6) is 5.75 Å². The standard InChI is InChI=1S/C18H26N4O4.K/c1-12(2)22-16-15(26-11-20-16)14(23)13(18(22)25)17(24)19-7-6-10-21-8-4-3-5-9-21;/h11-12,23H,3-10H2,1-2H3,(H,19,24);. The molecule has 9 heteroatoms. The van der Waals surface area contributed by atoms with E-state index < -0.39 is 17.2 Å². The number of aromatic hydroxyl groups is 1. The third kappa shape index (κ3) is 5.02. The number of pyridine rings is 1. The fourth-order valence-electron chi connectivity index (χ4n) is 3.46. The fraction of sp³-hybridized carbons (Fsp3) is 0.611. The Morgan fingerprint density at radius 3 is 2.70 bits per heavy atom. The number of piperidine rings is 1. The van der Waals surface area contributed by atoms with Crippen LogP contribution < -0.4 is 10.9 Å². The number of nitrogens with zero attached hydrogens (tertiary/aromatic N) is 3. The minimum absolute atomic E-state index is 0. The molecule has 1 radical (unpaired) electrons. The Balaban J connectivity index is 0.00000261. The molecular formula is C18H26KN4O4. The predicted molar refractivity (Wildman–Crippen MR) is 103 cm³/mol. The van der Waals surface area contributed by atoms with Gasteiger partial charge in [0, 0.05) is 64.0 Å². The Bertz CT molecular complexity index is 840. The number of fused-ring (bicyclic) bond motifs is 1. The van der Waals surface area contributed by atoms with Gasteiger partial charge in [-0.05, 0) is 52.7 Å². The molecule has 2 aromatic rings. The number of hydrogen-bond acceptors (Lipinski definition) is 6. The molecule has 1 amide bonds. The normalized spacial score (nSPS) is 15.1. The van der Waals surface area contributed by atoms with E-state index in [1.54, 1.807) is 0 Å². The second-order valence-corrected chi connectivity index (χ2v) is 7.01. The maximum absolute atomic E-state index is 12.7. The van der Waals surface area contributed by atoms with Crippen LogP contribution in [0.3, 0.4) is 0 Å². The van der Waals surface area contributed by atoms with Crippen molar-refractivity contribution >= 4 is 68.5 Å². The molecule has 8 nitrogen and oxygen atoms in total. The molecule has 1 saturated heterocycles. The number of nitrogens with one attached hydrogen (secondary N) is 1. The van der Waals surface area contributed by atoms with Crippen LogP contribution in [0.15, 0.2) is 15.6 Å². The summed E-state index contributed by atoms with van der Waals surface area (Å²) in [7, 11) is 0. The van der Waals surface area contributed by atoms with Gasteiger partial charge in [0.05, 0.1) is 0 Å². The van der Waals surface area contributed by atoms with Crippen LogP contribution >= 0.6 is 0 Å². The smallest absolute Gasteiger partial charge is 0.269 e. The first kappa shape index (κ1) is 22.6. The van der Waals surface area contributed by atoms with E-state index in [1.165, 1.54) is 23.8 Å². The number of carbonyl (C=O) groups excluding carboxylic acids is 1. The molecule has 0 aliphatic carbocycles. The summed E-state index contributed by atoms with van der Waals surface area (Å²) in [6.45, 7) is 7.21. The second kappa shape index (κ2) is 10.2. The molecule has 0 unspecified atom stereocenters. The SMILES string of the molecule is CC(C)n1c(=O)c(C(=O)NCCCN2CCCCC2)c(O)c2ocnc21.[K]. The summed E-state index contributed by atoms with van der Waals surface area (Å²) in [6, 6.07) is -0.221. The quantitative estimate of drug-likeness (QED) is 0.562. The van der Waals surface area contributed by atoms with Gasteiger partial charge in [-0.25, -0.2) is 0 Å². The van der Waals surface area contributed by atoms with Crippen molar-refractivity contribution in [2.75, 3.05) is 26.2 Å². The van der Waals surface area contributed by atoms with Gasteiger partial charge in [-0.1, -0.05) is 6.42 Å². The molecule has 2 N–H and O–H groups in total. The Hall–Kier alpha value is -0.714. The maximum Gasteiger partial charge on any atom is 0.269 e. The minimum Gasteiger partial charge on any atom is -0.503 e. The van der Waals surface area contributed by atoms with Gasteiger partial charge < -0.3 is 19.7 Å². The molecule has 3 rings (SSSR count). The molecule has 0 aromatic carbocycles. The van der Waals surface area contributed by atoms with E-state index >= 15 is 0 Å². The average Bonchev–Trinajstić information content (AvgIpc) is 3.09. The molecule has 0 atom stereocenters. The second-order valence-electron chi connectivity index (χ2n) is 7.01. The van der Waals surface area contributed by atoms with Gasteiger partial charge in [-0.2, -0.15) is 4.98 Å². The largest absolute Gasteiger partial charge is 0.503 e. The number of likely N-dealkylation sites (tertiary alicyclic amines) is 1. The van der Waals surface area contributed by atoms with E-state index in [9.17, 15) is 14.7 Å². The van der Waals surface area contributed by atoms with Crippen molar-refractivity contribution in [3.05, 3.63) is 22.3 Å². The molecule has 3 heterocycles. The Morgan fingerprint density at radius 1 is 1.33 bits per heavy atom. The average molecular weight is 402 g/mol. The zero-order chi connectivity index (χ0) is 18.7. The summed E-state index contributed by atoms with van der Waals surface area (Å²) in [5.74, 6) is -1.04. The Kier molecular flexibility index (Phi) is 8.51. The predicted octanol–water partition coefficient (Wildman–Crippen LogP) is 1.50. The number of amides is 1. The molecule has 0 spiro atoms. The summed E-state index contributed by atoms with van der Waals surface area (Å²) >= 11 is 0. The summed E-state index contributed by atoms with van der Waals surface area (Å²) in [6.07, 6.45) is 5.70. The van der Waals surface area contributed by atoms with Gasteiger partial charge in [0.25, 0.3) is 11.5 Å². The van der Waals surface area contributed by atoms with Crippen molar-refractivity contribution in [3.63, 3.8) is 0 Å². The molecule has 0 bridgehead atoms. The topological polar surface area (TPSA) is 101 Å². The van der Waals surface area contributed by atoms with Crippen LogP contribution in [-0.2, 0) is 0 Å². The van der Waals surface area contributed by atoms with Crippen molar-refractivity contribution in [2.24, 2.45) is 0 Å². The van der Waals surface area contributed by atoms with Gasteiger partial charge in [-0.15, -0.1) is 0 Å². The number of oxazole rings is 1. The first-order chi connectivity index (χ1) is 12.5. The molecule has 27 heavy (non-hydrogen) atoms. The number of hydrogen-bond donors (Lipinski definition) is 2. The van der Waals surface area contributed by atoms with Crippen molar-refractivity contribution < 1.29 is 14.3 Å². The molecule has 1 aliphatic heterocycles. The van der Waals surface area contributed by atoms with Gasteiger partial charge in [-0.3, -0.25) is 14.2 Å². The number of carbonyl (C=O) groups is 1. The van der Waals surface area contributed by atoms with Crippen LogP contribution in [0.1, 0.15) is 55.9 Å². The van der Waals surface area contributed by atoms with Crippen molar-refractivity contribution in [1.82, 2.24) is 19.8 Å². The molecule has 0 saturated carbocycles. The molecule has 1 fully saturated rings. The molecule has 1 aliphatic rings. The Morgan fingerprint density at radius 2 is 2.04 bits per heavy atom. The number of aromatic nitrogens is 2. The monoisotopic (exact) mass is 401 g/mol. The van der Waals surface area contributed by atoms with Gasteiger partial charge in [0.2, 0.25) is 5.58 Å². The first-order valence-corrected chi connectivity index (χ1v) is 9.22. The van der Waals surface area contributed by atoms with Crippen molar-refractivity contribution in [2.45, 2.75) is 45.6 Å². The van der Waals surface area contributed by atoms with Crippen LogP contribution in [0.2, 0.25) is 0 Å². The summed E-state index contributed by atoms with van der Waals surface area (Å²) in [5, 5.41) is 13.1. The van der Waals surface area contributed by atoms with Crippen LogP contribution in [0.4, 0.5) is 0 Å². The maximum atomic E-state index is 12.7. The molecule has 143 valence electrons. The van der Waals surface area contributed by atoms with Crippen LogP contribution in [-0.4, -0.2) is 103 Å². The van der Waals surface area contributed by atoms with E-state index in [1.807, 2.05) is 13.8 Å². The van der Waals surface area contributed by atoms with Gasteiger partial charge in [0.1, 0.15) is 0 Å². The molecular weight excluding hydrogens is 375 g/mol. The van der Waals surface area contributed by atoms with E-state index in [-0.39, 0.29) is 74.2 Å². The Labute approximate surface area is 200 Å². The summed E-state index contributed by atoms with van der Waals surface area (Å²) in [4.78, 5) is 31.6. The van der Waals surface area contributed by atoms with E-state index in [4.69, 9.17) is 4.42 Å². The summed E-state index contributed by atoms with van der Waals surface area (Å²) in [5.41, 5.74) is -0.561. The third-order valence-corrected chi connectivity index (χ3v) is 4.79. The van der Waals surface area contributed by atoms with Crippen LogP contribution in [0.25, 0.3) is 11.2 Å². The van der Waals surface area contributed by atoms with Gasteiger partial charge in [0.15, 0.2) is 23.4 Å². The van der Waals surface area contributed by atoms with E-state index in [2.05, 4.69) is 15.2 Å².